The quantitative estimate of drug-likeness (QED) is 0.391. The maximum absolute atomic E-state index is 13.6. The van der Waals surface area contributed by atoms with Gasteiger partial charge in [0.2, 0.25) is 0 Å². The van der Waals surface area contributed by atoms with Crippen LogP contribution in [-0.4, -0.2) is 34.8 Å². The zero-order valence-electron chi connectivity index (χ0n) is 20.1. The number of hydrogen-bond acceptors (Lipinski definition) is 5. The summed E-state index contributed by atoms with van der Waals surface area (Å²) in [6.07, 6.45) is -1.17. The van der Waals surface area contributed by atoms with E-state index in [0.717, 1.165) is 10.5 Å². The maximum Gasteiger partial charge on any atom is 0.261 e. The summed E-state index contributed by atoms with van der Waals surface area (Å²) in [6.45, 7) is 2.00. The number of ether oxygens (including phenoxy) is 1. The van der Waals surface area contributed by atoms with Crippen molar-refractivity contribution >= 4 is 23.4 Å². The Morgan fingerprint density at radius 2 is 1.38 bits per heavy atom. The molecule has 2 heterocycles. The predicted octanol–water partition coefficient (Wildman–Crippen LogP) is 5.33. The molecule has 1 unspecified atom stereocenters. The molecule has 7 heteroatoms. The SMILES string of the molecule is Cc1ccc(Oc2ccc(N3C(=O)c4c(-c5ccc6c(c5)C(=O)N(C)C6=O)cccc4C3O)cc2)cc1. The third-order valence-electron chi connectivity index (χ3n) is 6.82. The lowest BCUT2D eigenvalue weighted by Crippen LogP contribution is -2.27. The Bertz CT molecular complexity index is 1590. The van der Waals surface area contributed by atoms with Gasteiger partial charge in [-0.3, -0.25) is 24.2 Å². The molecule has 0 radical (unpaired) electrons. The van der Waals surface area contributed by atoms with Crippen LogP contribution in [0.15, 0.2) is 84.9 Å². The van der Waals surface area contributed by atoms with Crippen molar-refractivity contribution in [3.63, 3.8) is 0 Å². The lowest BCUT2D eigenvalue weighted by molar-refractivity contribution is 0.0692. The number of nitrogens with zero attached hydrogens (tertiary/aromatic N) is 2. The zero-order chi connectivity index (χ0) is 25.8. The van der Waals surface area contributed by atoms with E-state index in [4.69, 9.17) is 4.74 Å². The van der Waals surface area contributed by atoms with Gasteiger partial charge in [0.15, 0.2) is 6.23 Å². The van der Waals surface area contributed by atoms with Gasteiger partial charge in [0.05, 0.1) is 16.7 Å². The number of fused-ring (bicyclic) bond motifs is 2. The van der Waals surface area contributed by atoms with E-state index in [-0.39, 0.29) is 17.7 Å². The molecule has 0 spiro atoms. The fraction of sp³-hybridized carbons (Fsp3) is 0.100. The second-order valence-electron chi connectivity index (χ2n) is 9.16. The molecular formula is C30H22N2O5. The monoisotopic (exact) mass is 490 g/mol. The molecule has 2 aliphatic heterocycles. The molecule has 0 fully saturated rings. The first-order valence-corrected chi connectivity index (χ1v) is 11.8. The Morgan fingerprint density at radius 3 is 2.08 bits per heavy atom. The van der Waals surface area contributed by atoms with Crippen LogP contribution < -0.4 is 9.64 Å². The van der Waals surface area contributed by atoms with E-state index >= 15 is 0 Å². The summed E-state index contributed by atoms with van der Waals surface area (Å²) in [5.74, 6) is 0.223. The first kappa shape index (κ1) is 22.7. The van der Waals surface area contributed by atoms with Gasteiger partial charge in [-0.25, -0.2) is 0 Å². The third-order valence-corrected chi connectivity index (χ3v) is 6.82. The van der Waals surface area contributed by atoms with Crippen LogP contribution in [0.3, 0.4) is 0 Å². The van der Waals surface area contributed by atoms with Crippen molar-refractivity contribution in [2.45, 2.75) is 13.2 Å². The minimum atomic E-state index is -1.17. The first-order chi connectivity index (χ1) is 17.8. The highest BCUT2D eigenvalue weighted by Crippen LogP contribution is 2.41. The second kappa shape index (κ2) is 8.43. The number of rotatable bonds is 4. The van der Waals surface area contributed by atoms with Crippen LogP contribution in [-0.2, 0) is 0 Å². The predicted molar refractivity (Wildman–Crippen MR) is 138 cm³/mol. The molecule has 2 aliphatic rings. The first-order valence-electron chi connectivity index (χ1n) is 11.8. The third kappa shape index (κ3) is 3.59. The summed E-state index contributed by atoms with van der Waals surface area (Å²) in [5.41, 5.74) is 4.34. The minimum Gasteiger partial charge on any atom is -0.457 e. The molecule has 0 saturated carbocycles. The number of benzene rings is 4. The molecule has 0 aromatic heterocycles. The Labute approximate surface area is 213 Å². The Hall–Kier alpha value is -4.75. The standard InChI is InChI=1S/C30H22N2O5/c1-17-6-11-20(12-7-17)37-21-13-9-19(10-14-21)32-29(35)24-5-3-4-22(26(24)30(32)36)18-8-15-23-25(16-18)28(34)31(2)27(23)33/h3-16,29,35H,1-2H3. The Balaban J connectivity index is 1.32. The molecule has 7 nitrogen and oxygen atoms in total. The van der Waals surface area contributed by atoms with Gasteiger partial charge in [0.25, 0.3) is 17.7 Å². The van der Waals surface area contributed by atoms with E-state index in [9.17, 15) is 19.5 Å². The highest BCUT2D eigenvalue weighted by atomic mass is 16.5. The molecule has 3 amide bonds. The summed E-state index contributed by atoms with van der Waals surface area (Å²) in [4.78, 5) is 40.8. The van der Waals surface area contributed by atoms with Crippen molar-refractivity contribution in [3.05, 3.63) is 113 Å². The number of carbonyl (C=O) groups is 3. The van der Waals surface area contributed by atoms with Crippen LogP contribution in [0.25, 0.3) is 11.1 Å². The molecule has 4 aromatic carbocycles. The number of aliphatic hydroxyl groups excluding tert-OH is 1. The van der Waals surface area contributed by atoms with E-state index in [2.05, 4.69) is 0 Å². The highest BCUT2D eigenvalue weighted by molar-refractivity contribution is 6.22. The number of carbonyl (C=O) groups excluding carboxylic acids is 3. The Morgan fingerprint density at radius 1 is 0.730 bits per heavy atom. The van der Waals surface area contributed by atoms with Crippen molar-refractivity contribution in [2.75, 3.05) is 11.9 Å². The number of aliphatic hydroxyl groups is 1. The topological polar surface area (TPSA) is 87.2 Å². The summed E-state index contributed by atoms with van der Waals surface area (Å²) < 4.78 is 5.88. The van der Waals surface area contributed by atoms with Crippen LogP contribution in [0.4, 0.5) is 5.69 Å². The average Bonchev–Trinajstić information content (AvgIpc) is 3.30. The van der Waals surface area contributed by atoms with Gasteiger partial charge in [0, 0.05) is 18.3 Å². The molecule has 182 valence electrons. The van der Waals surface area contributed by atoms with Crippen molar-refractivity contribution in [1.29, 1.82) is 0 Å². The minimum absolute atomic E-state index is 0.301. The molecular weight excluding hydrogens is 468 g/mol. The summed E-state index contributed by atoms with van der Waals surface area (Å²) in [5, 5.41) is 11.1. The molecule has 4 aromatic rings. The fourth-order valence-corrected chi connectivity index (χ4v) is 4.84. The molecule has 0 saturated heterocycles. The van der Waals surface area contributed by atoms with Crippen LogP contribution in [0.5, 0.6) is 11.5 Å². The molecule has 37 heavy (non-hydrogen) atoms. The average molecular weight is 491 g/mol. The number of imide groups is 1. The second-order valence-corrected chi connectivity index (χ2v) is 9.16. The number of aryl methyl sites for hydroxylation is 1. The van der Waals surface area contributed by atoms with Gasteiger partial charge in [-0.1, -0.05) is 42.0 Å². The smallest absolute Gasteiger partial charge is 0.261 e. The molecule has 1 N–H and O–H groups in total. The molecule has 6 rings (SSSR count). The summed E-state index contributed by atoms with van der Waals surface area (Å²) in [6, 6.07) is 24.9. The number of anilines is 1. The van der Waals surface area contributed by atoms with Gasteiger partial charge in [-0.15, -0.1) is 0 Å². The van der Waals surface area contributed by atoms with Gasteiger partial charge >= 0.3 is 0 Å². The van der Waals surface area contributed by atoms with Crippen molar-refractivity contribution in [1.82, 2.24) is 4.90 Å². The van der Waals surface area contributed by atoms with E-state index < -0.39 is 6.23 Å². The van der Waals surface area contributed by atoms with Crippen LogP contribution >= 0.6 is 0 Å². The largest absolute Gasteiger partial charge is 0.457 e. The van der Waals surface area contributed by atoms with Crippen LogP contribution in [0.1, 0.15) is 48.4 Å². The molecule has 0 bridgehead atoms. The van der Waals surface area contributed by atoms with E-state index in [1.807, 2.05) is 31.2 Å². The van der Waals surface area contributed by atoms with E-state index in [0.29, 0.717) is 50.6 Å². The summed E-state index contributed by atoms with van der Waals surface area (Å²) in [7, 11) is 1.44. The van der Waals surface area contributed by atoms with Crippen LogP contribution in [0, 0.1) is 6.92 Å². The van der Waals surface area contributed by atoms with Crippen LogP contribution in [0.2, 0.25) is 0 Å². The number of hydrogen-bond donors (Lipinski definition) is 1. The number of amides is 3. The van der Waals surface area contributed by atoms with Gasteiger partial charge < -0.3 is 9.84 Å². The lowest BCUT2D eigenvalue weighted by atomic mass is 9.94. The van der Waals surface area contributed by atoms with Crippen molar-refractivity contribution in [2.24, 2.45) is 0 Å². The lowest BCUT2D eigenvalue weighted by Gasteiger charge is -2.21. The van der Waals surface area contributed by atoms with Crippen molar-refractivity contribution < 1.29 is 24.2 Å². The fourth-order valence-electron chi connectivity index (χ4n) is 4.84. The molecule has 1 atom stereocenters. The highest BCUT2D eigenvalue weighted by Gasteiger charge is 2.39. The van der Waals surface area contributed by atoms with Gasteiger partial charge in [-0.2, -0.15) is 0 Å². The summed E-state index contributed by atoms with van der Waals surface area (Å²) >= 11 is 0. The van der Waals surface area contributed by atoms with Gasteiger partial charge in [0.1, 0.15) is 11.5 Å². The normalized spacial score (nSPS) is 16.3. The van der Waals surface area contributed by atoms with E-state index in [1.165, 1.54) is 11.9 Å². The molecule has 0 aliphatic carbocycles. The maximum atomic E-state index is 13.6. The Kier molecular flexibility index (Phi) is 5.17. The van der Waals surface area contributed by atoms with E-state index in [1.54, 1.807) is 60.7 Å². The zero-order valence-corrected chi connectivity index (χ0v) is 20.1. The van der Waals surface area contributed by atoms with Crippen molar-refractivity contribution in [3.8, 4) is 22.6 Å². The van der Waals surface area contributed by atoms with Gasteiger partial charge in [-0.05, 0) is 66.6 Å².